The summed E-state index contributed by atoms with van der Waals surface area (Å²) >= 11 is 0. The highest BCUT2D eigenvalue weighted by Gasteiger charge is 2.14. The van der Waals surface area contributed by atoms with Crippen LogP contribution in [0, 0.1) is 0 Å². The summed E-state index contributed by atoms with van der Waals surface area (Å²) in [6.07, 6.45) is 4.65. The Hall–Kier alpha value is -1.87. The van der Waals surface area contributed by atoms with E-state index in [1.54, 1.807) is 0 Å². The summed E-state index contributed by atoms with van der Waals surface area (Å²) in [5, 5.41) is 2.46. The molecule has 1 aromatic carbocycles. The van der Waals surface area contributed by atoms with E-state index in [1.165, 1.54) is 27.4 Å². The van der Waals surface area contributed by atoms with Crippen LogP contribution in [0.2, 0.25) is 0 Å². The Bertz CT molecular complexity index is 748. The standard InChI is InChI=1S/C16H19N3/c1-16(2,17)9-11-4-5-12-13-10-18-7-6-14(13)19(3)15(12)8-11/h4-8,10H,9,17H2,1-3H3. The number of hydrogen-bond donors (Lipinski definition) is 1. The fourth-order valence-corrected chi connectivity index (χ4v) is 2.74. The minimum absolute atomic E-state index is 0.181. The Morgan fingerprint density at radius 2 is 1.95 bits per heavy atom. The van der Waals surface area contributed by atoms with E-state index in [2.05, 4.69) is 54.7 Å². The van der Waals surface area contributed by atoms with Gasteiger partial charge >= 0.3 is 0 Å². The lowest BCUT2D eigenvalue weighted by Crippen LogP contribution is -2.34. The average molecular weight is 253 g/mol. The lowest BCUT2D eigenvalue weighted by molar-refractivity contribution is 0.517. The van der Waals surface area contributed by atoms with Gasteiger partial charge in [0.25, 0.3) is 0 Å². The summed E-state index contributed by atoms with van der Waals surface area (Å²) in [6, 6.07) is 8.65. The summed E-state index contributed by atoms with van der Waals surface area (Å²) in [7, 11) is 2.10. The molecule has 3 rings (SSSR count). The van der Waals surface area contributed by atoms with Gasteiger partial charge in [0, 0.05) is 41.3 Å². The van der Waals surface area contributed by atoms with E-state index in [-0.39, 0.29) is 5.54 Å². The van der Waals surface area contributed by atoms with Crippen molar-refractivity contribution in [2.75, 3.05) is 0 Å². The SMILES string of the molecule is Cn1c2ccncc2c2ccc(CC(C)(C)N)cc21. The van der Waals surface area contributed by atoms with E-state index in [1.807, 2.05) is 12.4 Å². The Labute approximate surface area is 113 Å². The molecule has 0 aliphatic carbocycles. The van der Waals surface area contributed by atoms with Crippen LogP contribution in [0.1, 0.15) is 19.4 Å². The number of aryl methyl sites for hydroxylation is 1. The van der Waals surface area contributed by atoms with E-state index in [9.17, 15) is 0 Å². The van der Waals surface area contributed by atoms with Gasteiger partial charge in [-0.05, 0) is 38.0 Å². The topological polar surface area (TPSA) is 43.8 Å². The van der Waals surface area contributed by atoms with Gasteiger partial charge in [0.05, 0.1) is 5.52 Å². The zero-order valence-corrected chi connectivity index (χ0v) is 11.6. The molecule has 0 atom stereocenters. The maximum Gasteiger partial charge on any atom is 0.0519 e. The van der Waals surface area contributed by atoms with Crippen molar-refractivity contribution >= 4 is 21.8 Å². The van der Waals surface area contributed by atoms with Gasteiger partial charge in [-0.2, -0.15) is 0 Å². The van der Waals surface area contributed by atoms with Crippen molar-refractivity contribution in [2.24, 2.45) is 12.8 Å². The summed E-state index contributed by atoms with van der Waals surface area (Å²) in [4.78, 5) is 4.22. The summed E-state index contributed by atoms with van der Waals surface area (Å²) < 4.78 is 2.22. The van der Waals surface area contributed by atoms with E-state index < -0.39 is 0 Å². The highest BCUT2D eigenvalue weighted by atomic mass is 14.9. The van der Waals surface area contributed by atoms with Crippen molar-refractivity contribution in [3.8, 4) is 0 Å². The van der Waals surface area contributed by atoms with Crippen LogP contribution in [0.4, 0.5) is 0 Å². The van der Waals surface area contributed by atoms with Gasteiger partial charge in [0.1, 0.15) is 0 Å². The van der Waals surface area contributed by atoms with Crippen molar-refractivity contribution in [2.45, 2.75) is 25.8 Å². The number of rotatable bonds is 2. The van der Waals surface area contributed by atoms with Crippen molar-refractivity contribution in [3.63, 3.8) is 0 Å². The fraction of sp³-hybridized carbons (Fsp3) is 0.312. The van der Waals surface area contributed by atoms with Gasteiger partial charge in [0.15, 0.2) is 0 Å². The van der Waals surface area contributed by atoms with Crippen molar-refractivity contribution < 1.29 is 0 Å². The second-order valence-corrected chi connectivity index (χ2v) is 5.97. The lowest BCUT2D eigenvalue weighted by atomic mass is 9.95. The Balaban J connectivity index is 2.23. The van der Waals surface area contributed by atoms with Crippen molar-refractivity contribution in [1.82, 2.24) is 9.55 Å². The molecule has 3 heteroatoms. The van der Waals surface area contributed by atoms with E-state index in [0.717, 1.165) is 6.42 Å². The zero-order valence-electron chi connectivity index (χ0n) is 11.6. The molecule has 3 aromatic rings. The molecule has 0 aliphatic rings. The van der Waals surface area contributed by atoms with Gasteiger partial charge in [0.2, 0.25) is 0 Å². The molecule has 2 N–H and O–H groups in total. The first-order valence-corrected chi connectivity index (χ1v) is 6.56. The lowest BCUT2D eigenvalue weighted by Gasteiger charge is -2.18. The molecule has 0 fully saturated rings. The zero-order chi connectivity index (χ0) is 13.6. The first-order valence-electron chi connectivity index (χ1n) is 6.56. The maximum absolute atomic E-state index is 6.11. The highest BCUT2D eigenvalue weighted by Crippen LogP contribution is 2.28. The van der Waals surface area contributed by atoms with E-state index >= 15 is 0 Å². The molecule has 0 aliphatic heterocycles. The number of aromatic nitrogens is 2. The molecule has 0 amide bonds. The molecule has 0 bridgehead atoms. The van der Waals surface area contributed by atoms with Gasteiger partial charge < -0.3 is 10.3 Å². The monoisotopic (exact) mass is 253 g/mol. The predicted molar refractivity (Wildman–Crippen MR) is 80.2 cm³/mol. The van der Waals surface area contributed by atoms with Crippen LogP contribution in [0.5, 0.6) is 0 Å². The molecule has 0 spiro atoms. The number of fused-ring (bicyclic) bond motifs is 3. The third-order valence-electron chi connectivity index (χ3n) is 3.53. The largest absolute Gasteiger partial charge is 0.344 e. The van der Waals surface area contributed by atoms with Gasteiger partial charge in [-0.25, -0.2) is 0 Å². The minimum atomic E-state index is -0.181. The Morgan fingerprint density at radius 3 is 2.68 bits per heavy atom. The number of nitrogens with two attached hydrogens (primary N) is 1. The van der Waals surface area contributed by atoms with E-state index in [4.69, 9.17) is 5.73 Å². The fourth-order valence-electron chi connectivity index (χ4n) is 2.74. The predicted octanol–water partition coefficient (Wildman–Crippen LogP) is 3.01. The normalized spacial score (nSPS) is 12.4. The number of benzene rings is 1. The Morgan fingerprint density at radius 1 is 1.16 bits per heavy atom. The summed E-state index contributed by atoms with van der Waals surface area (Å²) in [6.45, 7) is 4.12. The second-order valence-electron chi connectivity index (χ2n) is 5.97. The van der Waals surface area contributed by atoms with Crippen LogP contribution in [-0.4, -0.2) is 15.1 Å². The van der Waals surface area contributed by atoms with Gasteiger partial charge in [-0.3, -0.25) is 4.98 Å². The molecule has 2 heterocycles. The summed E-state index contributed by atoms with van der Waals surface area (Å²) in [5.41, 5.74) is 9.66. The second kappa shape index (κ2) is 4.07. The van der Waals surface area contributed by atoms with Gasteiger partial charge in [-0.15, -0.1) is 0 Å². The van der Waals surface area contributed by atoms with E-state index in [0.29, 0.717) is 0 Å². The number of hydrogen-bond acceptors (Lipinski definition) is 2. The van der Waals surface area contributed by atoms with Crippen LogP contribution in [0.15, 0.2) is 36.7 Å². The molecule has 0 radical (unpaired) electrons. The quantitative estimate of drug-likeness (QED) is 0.763. The van der Waals surface area contributed by atoms with Gasteiger partial charge in [-0.1, -0.05) is 12.1 Å². The molecule has 0 saturated carbocycles. The molecular formula is C16H19N3. The van der Waals surface area contributed by atoms with Crippen LogP contribution < -0.4 is 5.73 Å². The van der Waals surface area contributed by atoms with Crippen LogP contribution in [0.3, 0.4) is 0 Å². The maximum atomic E-state index is 6.11. The summed E-state index contributed by atoms with van der Waals surface area (Å²) in [5.74, 6) is 0. The van der Waals surface area contributed by atoms with Crippen LogP contribution >= 0.6 is 0 Å². The molecule has 0 unspecified atom stereocenters. The average Bonchev–Trinajstić information content (AvgIpc) is 2.62. The molecular weight excluding hydrogens is 234 g/mol. The van der Waals surface area contributed by atoms with Crippen LogP contribution in [0.25, 0.3) is 21.8 Å². The first-order chi connectivity index (χ1) is 8.96. The molecule has 2 aromatic heterocycles. The number of nitrogens with zero attached hydrogens (tertiary/aromatic N) is 2. The Kier molecular flexibility index (Phi) is 2.61. The molecule has 19 heavy (non-hydrogen) atoms. The molecule has 0 saturated heterocycles. The van der Waals surface area contributed by atoms with Crippen LogP contribution in [-0.2, 0) is 13.5 Å². The molecule has 3 nitrogen and oxygen atoms in total. The smallest absolute Gasteiger partial charge is 0.0519 e. The highest BCUT2D eigenvalue weighted by molar-refractivity contribution is 6.07. The van der Waals surface area contributed by atoms with Crippen molar-refractivity contribution in [3.05, 3.63) is 42.2 Å². The number of pyridine rings is 1. The third kappa shape index (κ3) is 2.10. The van der Waals surface area contributed by atoms with Crippen molar-refractivity contribution in [1.29, 1.82) is 0 Å². The first kappa shape index (κ1) is 12.2. The minimum Gasteiger partial charge on any atom is -0.344 e. The third-order valence-corrected chi connectivity index (χ3v) is 3.53. The molecule has 98 valence electrons.